The first-order valence-corrected chi connectivity index (χ1v) is 4.72. The molecule has 1 rings (SSSR count). The Balaban J connectivity index is 2.47. The number of hydrogen-bond donors (Lipinski definition) is 1. The van der Waals surface area contributed by atoms with Crippen LogP contribution in [-0.2, 0) is 9.47 Å². The molecule has 1 aliphatic rings. The highest BCUT2D eigenvalue weighted by Crippen LogP contribution is 2.17. The van der Waals surface area contributed by atoms with E-state index in [2.05, 4.69) is 11.8 Å². The van der Waals surface area contributed by atoms with Gasteiger partial charge in [-0.3, -0.25) is 4.90 Å². The summed E-state index contributed by atoms with van der Waals surface area (Å²) in [5.74, 6) is 0. The topological polar surface area (TPSA) is 47.7 Å². The standard InChI is InChI=1S/C9H20N2O2/c1-7(4-10)11-5-8(12-2)9(6-11)13-3/h7-9H,4-6,10H2,1-3H3. The van der Waals surface area contributed by atoms with Gasteiger partial charge < -0.3 is 15.2 Å². The first kappa shape index (κ1) is 10.9. The number of nitrogens with two attached hydrogens (primary N) is 1. The summed E-state index contributed by atoms with van der Waals surface area (Å²) in [6.45, 7) is 4.67. The zero-order valence-corrected chi connectivity index (χ0v) is 8.69. The maximum Gasteiger partial charge on any atom is 0.0971 e. The van der Waals surface area contributed by atoms with E-state index in [1.54, 1.807) is 14.2 Å². The lowest BCUT2D eigenvalue weighted by Crippen LogP contribution is -2.37. The van der Waals surface area contributed by atoms with Crippen molar-refractivity contribution >= 4 is 0 Å². The smallest absolute Gasteiger partial charge is 0.0971 e. The molecule has 1 saturated heterocycles. The van der Waals surface area contributed by atoms with Crippen LogP contribution in [-0.4, -0.2) is 57.0 Å². The van der Waals surface area contributed by atoms with E-state index >= 15 is 0 Å². The summed E-state index contributed by atoms with van der Waals surface area (Å²) < 4.78 is 10.7. The zero-order chi connectivity index (χ0) is 9.84. The fourth-order valence-electron chi connectivity index (χ4n) is 1.73. The van der Waals surface area contributed by atoms with Crippen molar-refractivity contribution in [3.8, 4) is 0 Å². The predicted octanol–water partition coefficient (Wildman–Crippen LogP) is -0.321. The first-order valence-electron chi connectivity index (χ1n) is 4.72. The number of likely N-dealkylation sites (tertiary alicyclic amines) is 1. The SMILES string of the molecule is COC1CN(C(C)CN)CC1OC. The van der Waals surface area contributed by atoms with Gasteiger partial charge in [-0.2, -0.15) is 0 Å². The molecule has 13 heavy (non-hydrogen) atoms. The van der Waals surface area contributed by atoms with Crippen LogP contribution in [0.1, 0.15) is 6.92 Å². The summed E-state index contributed by atoms with van der Waals surface area (Å²) in [5, 5.41) is 0. The molecule has 2 N–H and O–H groups in total. The molecular weight excluding hydrogens is 168 g/mol. The minimum Gasteiger partial charge on any atom is -0.377 e. The quantitative estimate of drug-likeness (QED) is 0.657. The average molecular weight is 188 g/mol. The van der Waals surface area contributed by atoms with E-state index in [-0.39, 0.29) is 12.2 Å². The number of methoxy groups -OCH3 is 2. The lowest BCUT2D eigenvalue weighted by atomic mass is 10.3. The minimum absolute atomic E-state index is 0.194. The molecule has 1 aliphatic heterocycles. The van der Waals surface area contributed by atoms with E-state index in [1.807, 2.05) is 0 Å². The van der Waals surface area contributed by atoms with E-state index in [4.69, 9.17) is 15.2 Å². The van der Waals surface area contributed by atoms with Crippen molar-refractivity contribution in [2.24, 2.45) is 5.73 Å². The molecule has 0 aromatic rings. The van der Waals surface area contributed by atoms with Gasteiger partial charge in [-0.15, -0.1) is 0 Å². The van der Waals surface area contributed by atoms with Crippen molar-refractivity contribution in [2.75, 3.05) is 33.9 Å². The van der Waals surface area contributed by atoms with Crippen molar-refractivity contribution in [1.82, 2.24) is 4.90 Å². The minimum atomic E-state index is 0.194. The molecule has 0 aromatic carbocycles. The Kier molecular flexibility index (Phi) is 4.12. The van der Waals surface area contributed by atoms with Crippen LogP contribution in [0.15, 0.2) is 0 Å². The molecule has 0 aliphatic carbocycles. The zero-order valence-electron chi connectivity index (χ0n) is 8.69. The van der Waals surface area contributed by atoms with E-state index in [9.17, 15) is 0 Å². The highest BCUT2D eigenvalue weighted by atomic mass is 16.5. The number of hydrogen-bond acceptors (Lipinski definition) is 4. The molecule has 0 aromatic heterocycles. The summed E-state index contributed by atoms with van der Waals surface area (Å²) in [7, 11) is 3.46. The Labute approximate surface area is 80.0 Å². The molecule has 1 heterocycles. The van der Waals surface area contributed by atoms with Crippen molar-refractivity contribution < 1.29 is 9.47 Å². The van der Waals surface area contributed by atoms with Crippen molar-refractivity contribution in [3.63, 3.8) is 0 Å². The molecule has 0 spiro atoms. The second-order valence-corrected chi connectivity index (χ2v) is 3.59. The summed E-state index contributed by atoms with van der Waals surface area (Å²) in [6.07, 6.45) is 0.387. The third-order valence-corrected chi connectivity index (χ3v) is 2.81. The first-order chi connectivity index (χ1) is 6.22. The Morgan fingerprint density at radius 2 is 1.77 bits per heavy atom. The van der Waals surface area contributed by atoms with Crippen molar-refractivity contribution in [1.29, 1.82) is 0 Å². The van der Waals surface area contributed by atoms with Gasteiger partial charge in [0.15, 0.2) is 0 Å². The van der Waals surface area contributed by atoms with E-state index in [0.717, 1.165) is 13.1 Å². The van der Waals surface area contributed by atoms with E-state index < -0.39 is 0 Å². The average Bonchev–Trinajstić information content (AvgIpc) is 2.59. The second kappa shape index (κ2) is 4.91. The van der Waals surface area contributed by atoms with Crippen LogP contribution in [0.4, 0.5) is 0 Å². The molecular formula is C9H20N2O2. The molecule has 4 nitrogen and oxygen atoms in total. The molecule has 3 unspecified atom stereocenters. The Morgan fingerprint density at radius 3 is 2.08 bits per heavy atom. The molecule has 0 saturated carbocycles. The van der Waals surface area contributed by atoms with Gasteiger partial charge >= 0.3 is 0 Å². The van der Waals surface area contributed by atoms with Crippen molar-refractivity contribution in [3.05, 3.63) is 0 Å². The van der Waals surface area contributed by atoms with Gasteiger partial charge in [0.1, 0.15) is 0 Å². The van der Waals surface area contributed by atoms with Crippen LogP contribution < -0.4 is 5.73 Å². The summed E-state index contributed by atoms with van der Waals surface area (Å²) in [5.41, 5.74) is 5.60. The Bertz CT molecular complexity index is 143. The normalized spacial score (nSPS) is 32.3. The maximum absolute atomic E-state index is 5.60. The monoisotopic (exact) mass is 188 g/mol. The van der Waals surface area contributed by atoms with E-state index in [1.165, 1.54) is 0 Å². The number of nitrogens with zero attached hydrogens (tertiary/aromatic N) is 1. The summed E-state index contributed by atoms with van der Waals surface area (Å²) >= 11 is 0. The van der Waals surface area contributed by atoms with Gasteiger partial charge in [0.2, 0.25) is 0 Å². The van der Waals surface area contributed by atoms with Crippen molar-refractivity contribution in [2.45, 2.75) is 25.2 Å². The second-order valence-electron chi connectivity index (χ2n) is 3.59. The summed E-state index contributed by atoms with van der Waals surface area (Å²) in [4.78, 5) is 2.31. The van der Waals surface area contributed by atoms with Crippen LogP contribution in [0.25, 0.3) is 0 Å². The molecule has 78 valence electrons. The molecule has 0 bridgehead atoms. The van der Waals surface area contributed by atoms with Crippen LogP contribution in [0, 0.1) is 0 Å². The Morgan fingerprint density at radius 1 is 1.31 bits per heavy atom. The predicted molar refractivity (Wildman–Crippen MR) is 51.7 cm³/mol. The fraction of sp³-hybridized carbons (Fsp3) is 1.00. The molecule has 4 heteroatoms. The highest BCUT2D eigenvalue weighted by molar-refractivity contribution is 4.88. The van der Waals surface area contributed by atoms with Crippen LogP contribution in [0.3, 0.4) is 0 Å². The van der Waals surface area contributed by atoms with Crippen LogP contribution in [0.5, 0.6) is 0 Å². The van der Waals surface area contributed by atoms with Gasteiger partial charge in [0.05, 0.1) is 12.2 Å². The van der Waals surface area contributed by atoms with E-state index in [0.29, 0.717) is 12.6 Å². The summed E-state index contributed by atoms with van der Waals surface area (Å²) in [6, 6.07) is 0.415. The third kappa shape index (κ3) is 2.40. The lowest BCUT2D eigenvalue weighted by molar-refractivity contribution is -0.00461. The van der Waals surface area contributed by atoms with Gasteiger partial charge in [-0.05, 0) is 6.92 Å². The molecule has 3 atom stereocenters. The van der Waals surface area contributed by atoms with Crippen LogP contribution in [0.2, 0.25) is 0 Å². The largest absolute Gasteiger partial charge is 0.377 e. The molecule has 1 fully saturated rings. The maximum atomic E-state index is 5.60. The fourth-order valence-corrected chi connectivity index (χ4v) is 1.73. The van der Waals surface area contributed by atoms with Gasteiger partial charge in [0.25, 0.3) is 0 Å². The lowest BCUT2D eigenvalue weighted by Gasteiger charge is -2.21. The molecule has 0 radical (unpaired) electrons. The Hall–Kier alpha value is -0.160. The van der Waals surface area contributed by atoms with Gasteiger partial charge in [-0.25, -0.2) is 0 Å². The number of ether oxygens (including phenoxy) is 2. The van der Waals surface area contributed by atoms with Gasteiger partial charge in [0, 0.05) is 39.9 Å². The van der Waals surface area contributed by atoms with Crippen LogP contribution >= 0.6 is 0 Å². The molecule has 0 amide bonds. The number of rotatable bonds is 4. The third-order valence-electron chi connectivity index (χ3n) is 2.81. The highest BCUT2D eigenvalue weighted by Gasteiger charge is 2.34. The van der Waals surface area contributed by atoms with Gasteiger partial charge in [-0.1, -0.05) is 0 Å².